The molecule has 3 nitrogen and oxygen atoms in total. The minimum Gasteiger partial charge on any atom is -0.211 e. The highest BCUT2D eigenvalue weighted by atomic mass is 79.9. The van der Waals surface area contributed by atoms with E-state index in [9.17, 15) is 8.42 Å². The molecule has 1 aromatic carbocycles. The van der Waals surface area contributed by atoms with Crippen LogP contribution in [0.1, 0.15) is 13.8 Å². The molecular formula is C11H14BrCl2NO2S. The van der Waals surface area contributed by atoms with Crippen molar-refractivity contribution in [1.29, 1.82) is 0 Å². The van der Waals surface area contributed by atoms with Gasteiger partial charge in [-0.1, -0.05) is 53.0 Å². The first kappa shape index (κ1) is 16.2. The van der Waals surface area contributed by atoms with Gasteiger partial charge in [-0.3, -0.25) is 0 Å². The monoisotopic (exact) mass is 373 g/mol. The summed E-state index contributed by atoms with van der Waals surface area (Å²) in [7, 11) is -3.64. The first-order valence-electron chi connectivity index (χ1n) is 5.19. The normalized spacial score (nSPS) is 12.7. The molecule has 7 heteroatoms. The van der Waals surface area contributed by atoms with Gasteiger partial charge in [0.05, 0.1) is 5.02 Å². The molecule has 0 spiro atoms. The van der Waals surface area contributed by atoms with Gasteiger partial charge in [0.2, 0.25) is 10.0 Å². The Labute approximate surface area is 126 Å². The summed E-state index contributed by atoms with van der Waals surface area (Å²) in [6.45, 7) is 4.21. The molecule has 1 aromatic rings. The Bertz CT molecular complexity index is 532. The minimum atomic E-state index is -3.64. The molecule has 0 bridgehead atoms. The number of hydrogen-bond donors (Lipinski definition) is 1. The summed E-state index contributed by atoms with van der Waals surface area (Å²) >= 11 is 15.0. The van der Waals surface area contributed by atoms with Crippen molar-refractivity contribution in [3.8, 4) is 0 Å². The van der Waals surface area contributed by atoms with Crippen LogP contribution >= 0.6 is 39.1 Å². The molecule has 0 radical (unpaired) electrons. The van der Waals surface area contributed by atoms with Crippen LogP contribution in [-0.2, 0) is 10.0 Å². The van der Waals surface area contributed by atoms with Crippen molar-refractivity contribution in [2.75, 3.05) is 11.9 Å². The van der Waals surface area contributed by atoms with E-state index in [4.69, 9.17) is 23.2 Å². The number of sulfonamides is 1. The average molecular weight is 375 g/mol. The van der Waals surface area contributed by atoms with Crippen LogP contribution in [0, 0.1) is 5.41 Å². The predicted octanol–water partition coefficient (Wildman–Crippen LogP) is 3.69. The van der Waals surface area contributed by atoms with Crippen LogP contribution in [0.4, 0.5) is 0 Å². The highest BCUT2D eigenvalue weighted by Crippen LogP contribution is 2.25. The van der Waals surface area contributed by atoms with Gasteiger partial charge in [-0.2, -0.15) is 0 Å². The molecule has 0 fully saturated rings. The SMILES string of the molecule is CC(C)(CBr)CNS(=O)(=O)c1cc(Cl)ccc1Cl. The van der Waals surface area contributed by atoms with Crippen molar-refractivity contribution in [2.45, 2.75) is 18.7 Å². The average Bonchev–Trinajstić information content (AvgIpc) is 2.30. The Balaban J connectivity index is 2.97. The second-order valence-electron chi connectivity index (χ2n) is 4.70. The fraction of sp³-hybridized carbons (Fsp3) is 0.455. The minimum absolute atomic E-state index is 0.00189. The Kier molecular flexibility index (Phi) is 5.50. The predicted molar refractivity (Wildman–Crippen MR) is 79.2 cm³/mol. The zero-order valence-corrected chi connectivity index (χ0v) is 13.9. The third-order valence-corrected chi connectivity index (χ3v) is 5.92. The Hall–Kier alpha value is 0.190. The third-order valence-electron chi connectivity index (χ3n) is 2.29. The molecule has 0 saturated heterocycles. The Morgan fingerprint density at radius 3 is 2.50 bits per heavy atom. The van der Waals surface area contributed by atoms with Crippen molar-refractivity contribution in [2.24, 2.45) is 5.41 Å². The molecule has 1 rings (SSSR count). The third kappa shape index (κ3) is 4.38. The lowest BCUT2D eigenvalue weighted by Crippen LogP contribution is -2.35. The molecule has 0 aliphatic rings. The molecule has 0 atom stereocenters. The van der Waals surface area contributed by atoms with E-state index in [1.807, 2.05) is 13.8 Å². The van der Waals surface area contributed by atoms with Crippen molar-refractivity contribution >= 4 is 49.2 Å². The summed E-state index contributed by atoms with van der Waals surface area (Å²) in [4.78, 5) is 0.00189. The molecule has 0 unspecified atom stereocenters. The van der Waals surface area contributed by atoms with E-state index in [0.717, 1.165) is 0 Å². The largest absolute Gasteiger partial charge is 0.242 e. The number of benzene rings is 1. The maximum Gasteiger partial charge on any atom is 0.242 e. The standard InChI is InChI=1S/C11H14BrCl2NO2S/c1-11(2,6-12)7-15-18(16,17)10-5-8(13)3-4-9(10)14/h3-5,15H,6-7H2,1-2H3. The number of halogens is 3. The van der Waals surface area contributed by atoms with Gasteiger partial charge >= 0.3 is 0 Å². The van der Waals surface area contributed by atoms with Gasteiger partial charge in [0, 0.05) is 16.9 Å². The van der Waals surface area contributed by atoms with Crippen LogP contribution in [0.25, 0.3) is 0 Å². The topological polar surface area (TPSA) is 46.2 Å². The number of nitrogens with one attached hydrogen (secondary N) is 1. The lowest BCUT2D eigenvalue weighted by molar-refractivity contribution is 0.420. The molecule has 0 saturated carbocycles. The molecule has 0 amide bonds. The molecule has 0 aliphatic carbocycles. The zero-order chi connectivity index (χ0) is 14.0. The molecule has 18 heavy (non-hydrogen) atoms. The van der Waals surface area contributed by atoms with E-state index in [-0.39, 0.29) is 15.3 Å². The van der Waals surface area contributed by atoms with Crippen molar-refractivity contribution < 1.29 is 8.42 Å². The highest BCUT2D eigenvalue weighted by Gasteiger charge is 2.23. The van der Waals surface area contributed by atoms with Gasteiger partial charge in [-0.25, -0.2) is 13.1 Å². The van der Waals surface area contributed by atoms with Crippen LogP contribution < -0.4 is 4.72 Å². The van der Waals surface area contributed by atoms with E-state index in [1.165, 1.54) is 12.1 Å². The van der Waals surface area contributed by atoms with E-state index < -0.39 is 10.0 Å². The van der Waals surface area contributed by atoms with Gasteiger partial charge in [0.25, 0.3) is 0 Å². The molecule has 0 aliphatic heterocycles. The van der Waals surface area contributed by atoms with E-state index in [2.05, 4.69) is 20.7 Å². The van der Waals surface area contributed by atoms with Crippen LogP contribution in [-0.4, -0.2) is 20.3 Å². The van der Waals surface area contributed by atoms with Crippen molar-refractivity contribution in [3.63, 3.8) is 0 Å². The van der Waals surface area contributed by atoms with Gasteiger partial charge in [0.15, 0.2) is 0 Å². The highest BCUT2D eigenvalue weighted by molar-refractivity contribution is 9.09. The van der Waals surface area contributed by atoms with Gasteiger partial charge in [-0.15, -0.1) is 0 Å². The first-order valence-corrected chi connectivity index (χ1v) is 8.55. The van der Waals surface area contributed by atoms with Crippen molar-refractivity contribution in [1.82, 2.24) is 4.72 Å². The van der Waals surface area contributed by atoms with E-state index in [0.29, 0.717) is 16.9 Å². The number of rotatable bonds is 5. The summed E-state index contributed by atoms with van der Waals surface area (Å²) < 4.78 is 26.7. The maximum absolute atomic E-state index is 12.1. The van der Waals surface area contributed by atoms with Crippen LogP contribution in [0.2, 0.25) is 10.0 Å². The summed E-state index contributed by atoms with van der Waals surface area (Å²) in [6, 6.07) is 4.35. The van der Waals surface area contributed by atoms with Gasteiger partial charge in [0.1, 0.15) is 4.90 Å². The smallest absolute Gasteiger partial charge is 0.211 e. The number of hydrogen-bond acceptors (Lipinski definition) is 2. The Morgan fingerprint density at radius 1 is 1.33 bits per heavy atom. The Morgan fingerprint density at radius 2 is 1.94 bits per heavy atom. The van der Waals surface area contributed by atoms with Crippen LogP contribution in [0.3, 0.4) is 0 Å². The summed E-state index contributed by atoms with van der Waals surface area (Å²) in [5.41, 5.74) is -0.182. The van der Waals surface area contributed by atoms with Gasteiger partial charge in [-0.05, 0) is 23.6 Å². The molecular weight excluding hydrogens is 361 g/mol. The van der Waals surface area contributed by atoms with Crippen molar-refractivity contribution in [3.05, 3.63) is 28.2 Å². The van der Waals surface area contributed by atoms with Gasteiger partial charge < -0.3 is 0 Å². The second kappa shape index (κ2) is 6.09. The van der Waals surface area contributed by atoms with Crippen LogP contribution in [0.5, 0.6) is 0 Å². The molecule has 1 N–H and O–H groups in total. The fourth-order valence-electron chi connectivity index (χ4n) is 1.10. The van der Waals surface area contributed by atoms with E-state index >= 15 is 0 Å². The summed E-state index contributed by atoms with van der Waals surface area (Å²) in [5.74, 6) is 0. The molecule has 0 aromatic heterocycles. The molecule has 102 valence electrons. The maximum atomic E-state index is 12.1. The zero-order valence-electron chi connectivity index (χ0n) is 10.0. The lowest BCUT2D eigenvalue weighted by atomic mass is 9.98. The first-order chi connectivity index (χ1) is 8.18. The van der Waals surface area contributed by atoms with Crippen LogP contribution in [0.15, 0.2) is 23.1 Å². The lowest BCUT2D eigenvalue weighted by Gasteiger charge is -2.22. The van der Waals surface area contributed by atoms with E-state index in [1.54, 1.807) is 6.07 Å². The second-order valence-corrected chi connectivity index (χ2v) is 7.84. The fourth-order valence-corrected chi connectivity index (χ4v) is 3.30. The quantitative estimate of drug-likeness (QED) is 0.798. The molecule has 0 heterocycles. The summed E-state index contributed by atoms with van der Waals surface area (Å²) in [6.07, 6.45) is 0. The summed E-state index contributed by atoms with van der Waals surface area (Å²) in [5, 5.41) is 1.18. The number of alkyl halides is 1.